The second-order valence-corrected chi connectivity index (χ2v) is 3.61. The number of nitriles is 1. The maximum Gasteiger partial charge on any atom is 0.323 e. The van der Waals surface area contributed by atoms with Crippen LogP contribution in [0.2, 0.25) is 0 Å². The molecule has 0 saturated heterocycles. The zero-order chi connectivity index (χ0) is 13.7. The van der Waals surface area contributed by atoms with Crippen LogP contribution in [0.1, 0.15) is 11.3 Å². The van der Waals surface area contributed by atoms with Gasteiger partial charge in [0.15, 0.2) is 0 Å². The van der Waals surface area contributed by atoms with Crippen molar-refractivity contribution in [2.75, 3.05) is 18.0 Å². The summed E-state index contributed by atoms with van der Waals surface area (Å²) in [7, 11) is 0. The largest absolute Gasteiger partial charge is 0.480 e. The van der Waals surface area contributed by atoms with Crippen LogP contribution >= 0.6 is 0 Å². The van der Waals surface area contributed by atoms with Crippen LogP contribution < -0.4 is 4.90 Å². The van der Waals surface area contributed by atoms with Crippen molar-refractivity contribution in [1.82, 2.24) is 4.98 Å². The molecule has 0 aliphatic rings. The highest BCUT2D eigenvalue weighted by Crippen LogP contribution is 2.14. The molecule has 7 nitrogen and oxygen atoms in total. The van der Waals surface area contributed by atoms with Gasteiger partial charge in [-0.3, -0.25) is 9.59 Å². The number of carboxylic acids is 2. The summed E-state index contributed by atoms with van der Waals surface area (Å²) in [6, 6.07) is 4.80. The van der Waals surface area contributed by atoms with Gasteiger partial charge in [-0.2, -0.15) is 5.26 Å². The van der Waals surface area contributed by atoms with Crippen LogP contribution in [0.5, 0.6) is 0 Å². The molecule has 94 valence electrons. The van der Waals surface area contributed by atoms with Crippen LogP contribution in [0.3, 0.4) is 0 Å². The normalized spacial score (nSPS) is 9.56. The number of carbonyl (C=O) groups is 2. The molecule has 0 saturated carbocycles. The lowest BCUT2D eigenvalue weighted by Crippen LogP contribution is -2.35. The van der Waals surface area contributed by atoms with E-state index in [1.165, 1.54) is 12.1 Å². The molecule has 1 rings (SSSR count). The van der Waals surface area contributed by atoms with Crippen molar-refractivity contribution in [3.63, 3.8) is 0 Å². The van der Waals surface area contributed by atoms with Gasteiger partial charge in [-0.15, -0.1) is 0 Å². The van der Waals surface area contributed by atoms with Gasteiger partial charge in [0.05, 0.1) is 11.6 Å². The highest BCUT2D eigenvalue weighted by molar-refractivity contribution is 5.79. The maximum atomic E-state index is 10.7. The van der Waals surface area contributed by atoms with E-state index in [4.69, 9.17) is 15.5 Å². The summed E-state index contributed by atoms with van der Waals surface area (Å²) in [6.07, 6.45) is 0. The lowest BCUT2D eigenvalue weighted by molar-refractivity contribution is -0.136. The molecule has 0 aliphatic carbocycles. The minimum atomic E-state index is -1.17. The van der Waals surface area contributed by atoms with E-state index in [0.29, 0.717) is 11.3 Å². The fraction of sp³-hybridized carbons (Fsp3) is 0.273. The maximum absolute atomic E-state index is 10.7. The molecule has 0 bridgehead atoms. The highest BCUT2D eigenvalue weighted by Gasteiger charge is 2.16. The average molecular weight is 249 g/mol. The van der Waals surface area contributed by atoms with Gasteiger partial charge in [0.1, 0.15) is 18.9 Å². The SMILES string of the molecule is Cc1cc(C#N)cc(N(CC(=O)O)CC(=O)O)n1. The second kappa shape index (κ2) is 5.63. The first kappa shape index (κ1) is 13.4. The van der Waals surface area contributed by atoms with E-state index < -0.39 is 25.0 Å². The van der Waals surface area contributed by atoms with Crippen molar-refractivity contribution >= 4 is 17.8 Å². The first-order chi connectivity index (χ1) is 8.42. The summed E-state index contributed by atoms with van der Waals surface area (Å²) in [5, 5.41) is 26.3. The number of aromatic nitrogens is 1. The van der Waals surface area contributed by atoms with Crippen molar-refractivity contribution in [3.8, 4) is 6.07 Å². The summed E-state index contributed by atoms with van der Waals surface area (Å²) in [5.41, 5.74) is 0.822. The quantitative estimate of drug-likeness (QED) is 0.767. The van der Waals surface area contributed by atoms with E-state index in [1.807, 2.05) is 6.07 Å². The van der Waals surface area contributed by atoms with Crippen LogP contribution in [0.15, 0.2) is 12.1 Å². The summed E-state index contributed by atoms with van der Waals surface area (Å²) in [6.45, 7) is 0.658. The van der Waals surface area contributed by atoms with E-state index in [9.17, 15) is 9.59 Å². The minimum Gasteiger partial charge on any atom is -0.480 e. The monoisotopic (exact) mass is 249 g/mol. The van der Waals surface area contributed by atoms with E-state index >= 15 is 0 Å². The van der Waals surface area contributed by atoms with Gasteiger partial charge in [-0.1, -0.05) is 0 Å². The smallest absolute Gasteiger partial charge is 0.323 e. The number of hydrogen-bond acceptors (Lipinski definition) is 5. The lowest BCUT2D eigenvalue weighted by Gasteiger charge is -2.19. The highest BCUT2D eigenvalue weighted by atomic mass is 16.4. The molecule has 1 heterocycles. The topological polar surface area (TPSA) is 115 Å². The third-order valence-corrected chi connectivity index (χ3v) is 2.05. The van der Waals surface area contributed by atoms with Gasteiger partial charge >= 0.3 is 11.9 Å². The van der Waals surface area contributed by atoms with E-state index in [1.54, 1.807) is 6.92 Å². The van der Waals surface area contributed by atoms with Crippen LogP contribution in [-0.2, 0) is 9.59 Å². The third-order valence-electron chi connectivity index (χ3n) is 2.05. The molecule has 2 N–H and O–H groups in total. The molecule has 0 fully saturated rings. The van der Waals surface area contributed by atoms with Crippen molar-refractivity contribution in [1.29, 1.82) is 5.26 Å². The zero-order valence-electron chi connectivity index (χ0n) is 9.62. The molecule has 0 amide bonds. The van der Waals surface area contributed by atoms with Gasteiger partial charge in [0.25, 0.3) is 0 Å². The molecule has 1 aromatic rings. The predicted octanol–water partition coefficient (Wildman–Crippen LogP) is 0.237. The van der Waals surface area contributed by atoms with Crippen molar-refractivity contribution in [3.05, 3.63) is 23.4 Å². The lowest BCUT2D eigenvalue weighted by atomic mass is 10.2. The predicted molar refractivity (Wildman–Crippen MR) is 61.2 cm³/mol. The molecule has 0 radical (unpaired) electrons. The molecule has 0 atom stereocenters. The molecule has 0 aromatic carbocycles. The Kier molecular flexibility index (Phi) is 4.21. The van der Waals surface area contributed by atoms with Crippen molar-refractivity contribution in [2.45, 2.75) is 6.92 Å². The Bertz CT molecular complexity index is 506. The molecule has 7 heteroatoms. The first-order valence-corrected chi connectivity index (χ1v) is 4.99. The standard InChI is InChI=1S/C11H11N3O4/c1-7-2-8(4-12)3-9(13-7)14(5-10(15)16)6-11(17)18/h2-3H,5-6H2,1H3,(H,15,16)(H,17,18). The molecule has 18 heavy (non-hydrogen) atoms. The van der Waals surface area contributed by atoms with E-state index in [0.717, 1.165) is 4.90 Å². The van der Waals surface area contributed by atoms with Gasteiger partial charge in [0, 0.05) is 5.69 Å². The summed E-state index contributed by atoms with van der Waals surface area (Å²) in [4.78, 5) is 26.5. The third kappa shape index (κ3) is 3.75. The molecule has 0 unspecified atom stereocenters. The minimum absolute atomic E-state index is 0.163. The number of carboxylic acid groups (broad SMARTS) is 2. The zero-order valence-corrected chi connectivity index (χ0v) is 9.62. The number of anilines is 1. The summed E-state index contributed by atoms with van der Waals surface area (Å²) < 4.78 is 0. The first-order valence-electron chi connectivity index (χ1n) is 4.99. The van der Waals surface area contributed by atoms with Gasteiger partial charge in [-0.25, -0.2) is 4.98 Å². The second-order valence-electron chi connectivity index (χ2n) is 3.61. The molecule has 0 aliphatic heterocycles. The van der Waals surface area contributed by atoms with Crippen LogP contribution in [0.4, 0.5) is 5.82 Å². The van der Waals surface area contributed by atoms with Crippen molar-refractivity contribution in [2.24, 2.45) is 0 Å². The fourth-order valence-corrected chi connectivity index (χ4v) is 1.42. The van der Waals surface area contributed by atoms with Crippen LogP contribution in [0.25, 0.3) is 0 Å². The Balaban J connectivity index is 3.11. The van der Waals surface area contributed by atoms with Gasteiger partial charge in [-0.05, 0) is 19.1 Å². The Hall–Kier alpha value is -2.62. The molecule has 0 spiro atoms. The van der Waals surface area contributed by atoms with Gasteiger partial charge < -0.3 is 15.1 Å². The average Bonchev–Trinajstić information content (AvgIpc) is 2.26. The van der Waals surface area contributed by atoms with Crippen LogP contribution in [0, 0.1) is 18.3 Å². The number of nitrogens with zero attached hydrogens (tertiary/aromatic N) is 3. The Labute approximate surface area is 103 Å². The Morgan fingerprint density at radius 3 is 2.33 bits per heavy atom. The van der Waals surface area contributed by atoms with E-state index in [2.05, 4.69) is 4.98 Å². The number of pyridine rings is 1. The number of rotatable bonds is 5. The summed E-state index contributed by atoms with van der Waals surface area (Å²) >= 11 is 0. The number of hydrogen-bond donors (Lipinski definition) is 2. The van der Waals surface area contributed by atoms with E-state index in [-0.39, 0.29) is 5.82 Å². The number of aliphatic carboxylic acids is 2. The number of aryl methyl sites for hydroxylation is 1. The molecular formula is C11H11N3O4. The Morgan fingerprint density at radius 2 is 1.89 bits per heavy atom. The summed E-state index contributed by atoms with van der Waals surface area (Å²) in [5.74, 6) is -2.17. The van der Waals surface area contributed by atoms with Crippen LogP contribution in [-0.4, -0.2) is 40.2 Å². The molecular weight excluding hydrogens is 238 g/mol. The van der Waals surface area contributed by atoms with Gasteiger partial charge in [0.2, 0.25) is 0 Å². The Morgan fingerprint density at radius 1 is 1.33 bits per heavy atom. The molecule has 1 aromatic heterocycles. The van der Waals surface area contributed by atoms with Crippen molar-refractivity contribution < 1.29 is 19.8 Å². The fourth-order valence-electron chi connectivity index (χ4n) is 1.42.